The van der Waals surface area contributed by atoms with Crippen molar-refractivity contribution in [2.45, 2.75) is 0 Å². The van der Waals surface area contributed by atoms with Gasteiger partial charge in [0.05, 0.1) is 18.1 Å². The summed E-state index contributed by atoms with van der Waals surface area (Å²) in [5, 5.41) is 8.88. The van der Waals surface area contributed by atoms with Gasteiger partial charge in [-0.25, -0.2) is 4.98 Å². The molecule has 0 saturated heterocycles. The molecule has 0 aliphatic carbocycles. The second-order valence-corrected chi connectivity index (χ2v) is 6.93. The number of hydrogen-bond donors (Lipinski definition) is 4. The van der Waals surface area contributed by atoms with Crippen LogP contribution >= 0.6 is 0 Å². The zero-order chi connectivity index (χ0) is 21.5. The number of nitrogens with zero attached hydrogens (tertiary/aromatic N) is 3. The molecule has 3 rings (SSSR count). The van der Waals surface area contributed by atoms with Gasteiger partial charge in [-0.05, 0) is 44.4 Å². The molecule has 0 bridgehead atoms. The molecule has 1 amide bonds. The van der Waals surface area contributed by atoms with Crippen LogP contribution in [0, 0.1) is 0 Å². The Bertz CT molecular complexity index is 1060. The van der Waals surface area contributed by atoms with E-state index in [9.17, 15) is 9.59 Å². The molecule has 0 radical (unpaired) electrons. The van der Waals surface area contributed by atoms with Gasteiger partial charge in [0.1, 0.15) is 11.5 Å². The predicted molar refractivity (Wildman–Crippen MR) is 119 cm³/mol. The van der Waals surface area contributed by atoms with Crippen LogP contribution in [0.2, 0.25) is 0 Å². The van der Waals surface area contributed by atoms with Crippen molar-refractivity contribution in [1.82, 2.24) is 19.9 Å². The minimum absolute atomic E-state index is 0.141. The molecule has 4 N–H and O–H groups in total. The van der Waals surface area contributed by atoms with Crippen molar-refractivity contribution in [3.63, 3.8) is 0 Å². The van der Waals surface area contributed by atoms with Crippen LogP contribution in [0.1, 0.15) is 10.4 Å². The van der Waals surface area contributed by atoms with Crippen LogP contribution < -0.4 is 21.5 Å². The van der Waals surface area contributed by atoms with E-state index in [1.807, 2.05) is 26.2 Å². The number of aromatic amines is 1. The summed E-state index contributed by atoms with van der Waals surface area (Å²) < 4.78 is 0. The van der Waals surface area contributed by atoms with Crippen molar-refractivity contribution in [1.29, 1.82) is 0 Å². The normalized spacial score (nSPS) is 10.7. The maximum Gasteiger partial charge on any atom is 0.271 e. The van der Waals surface area contributed by atoms with Gasteiger partial charge in [-0.2, -0.15) is 0 Å². The average Bonchev–Trinajstić information content (AvgIpc) is 2.75. The van der Waals surface area contributed by atoms with Gasteiger partial charge in [0.25, 0.3) is 11.5 Å². The van der Waals surface area contributed by atoms with E-state index in [0.717, 1.165) is 18.8 Å². The maximum absolute atomic E-state index is 12.6. The monoisotopic (exact) mass is 407 g/mol. The van der Waals surface area contributed by atoms with Gasteiger partial charge in [-0.15, -0.1) is 0 Å². The first-order valence-electron chi connectivity index (χ1n) is 9.49. The Balaban J connectivity index is 1.72. The SMILES string of the molecule is CNc1cncc(-c2c[nH]c(=O)c(NC(=O)c3ccc(NCCN(C)C)cc3)c2)n1. The van der Waals surface area contributed by atoms with Gasteiger partial charge in [0, 0.05) is 43.1 Å². The van der Waals surface area contributed by atoms with Gasteiger partial charge in [0.15, 0.2) is 0 Å². The molecule has 0 unspecified atom stereocenters. The van der Waals surface area contributed by atoms with Crippen molar-refractivity contribution in [3.05, 3.63) is 64.8 Å². The molecule has 0 spiro atoms. The molecule has 3 aromatic rings. The second kappa shape index (κ2) is 9.66. The smallest absolute Gasteiger partial charge is 0.271 e. The first kappa shape index (κ1) is 21.0. The highest BCUT2D eigenvalue weighted by atomic mass is 16.2. The van der Waals surface area contributed by atoms with E-state index < -0.39 is 5.56 Å². The first-order chi connectivity index (χ1) is 14.5. The van der Waals surface area contributed by atoms with Crippen LogP contribution in [0.4, 0.5) is 17.2 Å². The zero-order valence-corrected chi connectivity index (χ0v) is 17.2. The fraction of sp³-hybridized carbons (Fsp3) is 0.238. The molecule has 1 aromatic carbocycles. The lowest BCUT2D eigenvalue weighted by molar-refractivity contribution is 0.102. The molecule has 2 aromatic heterocycles. The molecule has 156 valence electrons. The Labute approximate surface area is 174 Å². The minimum atomic E-state index is -0.396. The van der Waals surface area contributed by atoms with Gasteiger partial charge >= 0.3 is 0 Å². The van der Waals surface area contributed by atoms with Crippen LogP contribution in [-0.2, 0) is 0 Å². The summed E-state index contributed by atoms with van der Waals surface area (Å²) in [6.07, 6.45) is 4.72. The fourth-order valence-corrected chi connectivity index (χ4v) is 2.71. The van der Waals surface area contributed by atoms with E-state index in [2.05, 4.69) is 35.8 Å². The first-order valence-corrected chi connectivity index (χ1v) is 9.49. The van der Waals surface area contributed by atoms with Crippen LogP contribution in [0.3, 0.4) is 0 Å². The number of aromatic nitrogens is 3. The lowest BCUT2D eigenvalue weighted by Gasteiger charge is -2.12. The number of hydrogen-bond acceptors (Lipinski definition) is 7. The van der Waals surface area contributed by atoms with E-state index in [0.29, 0.717) is 22.6 Å². The molecular formula is C21H25N7O2. The molecule has 0 aliphatic heterocycles. The Morgan fingerprint density at radius 2 is 1.93 bits per heavy atom. The number of pyridine rings is 1. The van der Waals surface area contributed by atoms with E-state index in [4.69, 9.17) is 0 Å². The van der Waals surface area contributed by atoms with Gasteiger partial charge < -0.3 is 25.8 Å². The lowest BCUT2D eigenvalue weighted by atomic mass is 10.1. The number of rotatable bonds is 8. The fourth-order valence-electron chi connectivity index (χ4n) is 2.71. The summed E-state index contributed by atoms with van der Waals surface area (Å²) in [4.78, 5) is 38.0. The highest BCUT2D eigenvalue weighted by Gasteiger charge is 2.11. The average molecular weight is 407 g/mol. The quantitative estimate of drug-likeness (QED) is 0.452. The Kier molecular flexibility index (Phi) is 6.76. The molecular weight excluding hydrogens is 382 g/mol. The van der Waals surface area contributed by atoms with Crippen LogP contribution in [-0.4, -0.2) is 60.0 Å². The minimum Gasteiger partial charge on any atom is -0.384 e. The number of anilines is 3. The van der Waals surface area contributed by atoms with Gasteiger partial charge in [-0.3, -0.25) is 14.6 Å². The third kappa shape index (κ3) is 5.42. The summed E-state index contributed by atoms with van der Waals surface area (Å²) in [5.41, 5.74) is 2.33. The highest BCUT2D eigenvalue weighted by Crippen LogP contribution is 2.19. The topological polar surface area (TPSA) is 115 Å². The Morgan fingerprint density at radius 3 is 2.63 bits per heavy atom. The largest absolute Gasteiger partial charge is 0.384 e. The molecule has 0 aliphatic rings. The number of amides is 1. The van der Waals surface area contributed by atoms with E-state index in [1.54, 1.807) is 37.6 Å². The van der Waals surface area contributed by atoms with Crippen LogP contribution in [0.15, 0.2) is 53.7 Å². The van der Waals surface area contributed by atoms with Crippen molar-refractivity contribution in [2.75, 3.05) is 50.2 Å². The van der Waals surface area contributed by atoms with E-state index in [-0.39, 0.29) is 11.6 Å². The number of H-pyrrole nitrogens is 1. The van der Waals surface area contributed by atoms with Crippen molar-refractivity contribution < 1.29 is 4.79 Å². The molecule has 0 atom stereocenters. The summed E-state index contributed by atoms with van der Waals surface area (Å²) in [5.74, 6) is 0.233. The third-order valence-electron chi connectivity index (χ3n) is 4.37. The summed E-state index contributed by atoms with van der Waals surface area (Å²) >= 11 is 0. The molecule has 0 saturated carbocycles. The van der Waals surface area contributed by atoms with E-state index in [1.165, 1.54) is 6.20 Å². The highest BCUT2D eigenvalue weighted by molar-refractivity contribution is 6.04. The van der Waals surface area contributed by atoms with Crippen molar-refractivity contribution in [3.8, 4) is 11.3 Å². The summed E-state index contributed by atoms with van der Waals surface area (Å²) in [6, 6.07) is 8.69. The number of carbonyl (C=O) groups excluding carboxylic acids is 1. The number of likely N-dealkylation sites (N-methyl/N-ethyl adjacent to an activating group) is 1. The van der Waals surface area contributed by atoms with Gasteiger partial charge in [0.2, 0.25) is 0 Å². The zero-order valence-electron chi connectivity index (χ0n) is 17.2. The molecule has 9 heteroatoms. The Hall–Kier alpha value is -3.72. The van der Waals surface area contributed by atoms with Gasteiger partial charge in [-0.1, -0.05) is 0 Å². The number of carbonyl (C=O) groups is 1. The number of nitrogens with one attached hydrogen (secondary N) is 4. The predicted octanol–water partition coefficient (Wildman–Crippen LogP) is 2.10. The molecule has 2 heterocycles. The molecule has 0 fully saturated rings. The van der Waals surface area contributed by atoms with Crippen molar-refractivity contribution >= 4 is 23.1 Å². The molecule has 30 heavy (non-hydrogen) atoms. The lowest BCUT2D eigenvalue weighted by Crippen LogP contribution is -2.21. The summed E-state index contributed by atoms with van der Waals surface area (Å²) in [7, 11) is 5.76. The summed E-state index contributed by atoms with van der Waals surface area (Å²) in [6.45, 7) is 1.71. The maximum atomic E-state index is 12.6. The van der Waals surface area contributed by atoms with Crippen LogP contribution in [0.25, 0.3) is 11.3 Å². The second-order valence-electron chi connectivity index (χ2n) is 6.93. The Morgan fingerprint density at radius 1 is 1.17 bits per heavy atom. The standard InChI is InChI=1S/C21H25N7O2/c1-22-19-13-23-12-18(26-19)15-10-17(21(30)25-11-15)27-20(29)14-4-6-16(7-5-14)24-8-9-28(2)3/h4-7,10-13,24H,8-9H2,1-3H3,(H,22,26)(H,25,30)(H,27,29). The van der Waals surface area contributed by atoms with E-state index >= 15 is 0 Å². The van der Waals surface area contributed by atoms with Crippen molar-refractivity contribution in [2.24, 2.45) is 0 Å². The van der Waals surface area contributed by atoms with Crippen LogP contribution in [0.5, 0.6) is 0 Å². The third-order valence-corrected chi connectivity index (χ3v) is 4.37. The molecule has 9 nitrogen and oxygen atoms in total. The number of benzene rings is 1.